The van der Waals surface area contributed by atoms with E-state index in [0.717, 1.165) is 18.5 Å². The van der Waals surface area contributed by atoms with Crippen molar-refractivity contribution in [1.29, 1.82) is 0 Å². The van der Waals surface area contributed by atoms with E-state index in [1.165, 1.54) is 25.2 Å². The Kier molecular flexibility index (Phi) is 3.87. The molecule has 0 unspecified atom stereocenters. The first kappa shape index (κ1) is 15.6. The number of aromatic amines is 1. The average Bonchev–Trinajstić information content (AvgIpc) is 3.34. The van der Waals surface area contributed by atoms with Crippen LogP contribution in [-0.4, -0.2) is 30.5 Å². The van der Waals surface area contributed by atoms with Crippen LogP contribution in [0, 0.1) is 0 Å². The maximum Gasteiger partial charge on any atom is 0.257 e. The van der Waals surface area contributed by atoms with Crippen LogP contribution in [0.4, 0.5) is 0 Å². The number of rotatable bonds is 4. The monoisotopic (exact) mass is 340 g/mol. The van der Waals surface area contributed by atoms with Crippen LogP contribution in [-0.2, 0) is 13.6 Å². The van der Waals surface area contributed by atoms with Gasteiger partial charge in [0, 0.05) is 19.4 Å². The molecule has 8 heteroatoms. The fraction of sp³-hybridized carbons (Fsp3) is 0.412. The van der Waals surface area contributed by atoms with Crippen molar-refractivity contribution in [2.75, 3.05) is 0 Å². The van der Waals surface area contributed by atoms with E-state index in [1.54, 1.807) is 11.7 Å². The number of nitrogens with zero attached hydrogens (tertiary/aromatic N) is 4. The van der Waals surface area contributed by atoms with Gasteiger partial charge in [-0.05, 0) is 18.9 Å². The number of aryl methyl sites for hydroxylation is 1. The minimum atomic E-state index is -0.414. The zero-order valence-corrected chi connectivity index (χ0v) is 14.0. The number of amides is 1. The predicted octanol–water partition coefficient (Wildman–Crippen LogP) is 1.50. The van der Waals surface area contributed by atoms with Crippen molar-refractivity contribution in [3.8, 4) is 0 Å². The minimum absolute atomic E-state index is 0.0794. The molecule has 1 aliphatic rings. The highest BCUT2D eigenvalue weighted by atomic mass is 16.2. The molecule has 1 aliphatic carbocycles. The number of fused-ring (bicyclic) bond motifs is 1. The largest absolute Gasteiger partial charge is 0.346 e. The number of hydrogen-bond acceptors (Lipinski definition) is 4. The molecule has 130 valence electrons. The Morgan fingerprint density at radius 2 is 2.20 bits per heavy atom. The molecular weight excluding hydrogens is 320 g/mol. The summed E-state index contributed by atoms with van der Waals surface area (Å²) in [5.74, 6) is -0.414. The Morgan fingerprint density at radius 1 is 1.40 bits per heavy atom. The van der Waals surface area contributed by atoms with Crippen molar-refractivity contribution in [2.24, 2.45) is 7.05 Å². The molecule has 0 bridgehead atoms. The molecule has 3 aromatic heterocycles. The molecule has 0 spiro atoms. The van der Waals surface area contributed by atoms with Crippen molar-refractivity contribution < 1.29 is 4.79 Å². The van der Waals surface area contributed by atoms with Crippen molar-refractivity contribution in [3.63, 3.8) is 0 Å². The van der Waals surface area contributed by atoms with Crippen molar-refractivity contribution >= 4 is 16.9 Å². The number of aromatic nitrogens is 5. The normalized spacial score (nSPS) is 15.1. The summed E-state index contributed by atoms with van der Waals surface area (Å²) in [6, 6.07) is 2.38. The lowest BCUT2D eigenvalue weighted by Crippen LogP contribution is -2.28. The standard InChI is InChI=1S/C17H20N6O2/c1-22-16-13(10-20-22)15(24)14(9-18-16)17(25)19-8-11-6-7-23(21-11)12-4-2-3-5-12/h6-7,9-10,12H,2-5,8H2,1H3,(H,18,24)(H,19,25). The molecule has 8 nitrogen and oxygen atoms in total. The molecule has 2 N–H and O–H groups in total. The van der Waals surface area contributed by atoms with E-state index in [9.17, 15) is 9.59 Å². The highest BCUT2D eigenvalue weighted by Gasteiger charge is 2.18. The molecule has 0 saturated heterocycles. The summed E-state index contributed by atoms with van der Waals surface area (Å²) in [7, 11) is 1.73. The smallest absolute Gasteiger partial charge is 0.257 e. The second-order valence-corrected chi connectivity index (χ2v) is 6.47. The number of carbonyl (C=O) groups is 1. The number of hydrogen-bond donors (Lipinski definition) is 2. The first-order valence-corrected chi connectivity index (χ1v) is 8.49. The van der Waals surface area contributed by atoms with Crippen molar-refractivity contribution in [3.05, 3.63) is 46.1 Å². The second-order valence-electron chi connectivity index (χ2n) is 6.47. The van der Waals surface area contributed by atoms with Gasteiger partial charge in [-0.1, -0.05) is 12.8 Å². The maximum atomic E-state index is 12.4. The summed E-state index contributed by atoms with van der Waals surface area (Å²) in [6.07, 6.45) is 9.67. The Bertz CT molecular complexity index is 977. The zero-order chi connectivity index (χ0) is 17.4. The van der Waals surface area contributed by atoms with E-state index < -0.39 is 5.91 Å². The number of carbonyl (C=O) groups excluding carboxylic acids is 1. The van der Waals surface area contributed by atoms with Crippen LogP contribution >= 0.6 is 0 Å². The van der Waals surface area contributed by atoms with Crippen LogP contribution in [0.15, 0.2) is 29.5 Å². The van der Waals surface area contributed by atoms with Gasteiger partial charge in [-0.3, -0.25) is 19.0 Å². The van der Waals surface area contributed by atoms with E-state index in [-0.39, 0.29) is 11.0 Å². The quantitative estimate of drug-likeness (QED) is 0.752. The predicted molar refractivity (Wildman–Crippen MR) is 92.2 cm³/mol. The van der Waals surface area contributed by atoms with Crippen LogP contribution in [0.5, 0.6) is 0 Å². The number of nitrogens with one attached hydrogen (secondary N) is 2. The zero-order valence-electron chi connectivity index (χ0n) is 14.0. The van der Waals surface area contributed by atoms with Crippen LogP contribution < -0.4 is 10.7 Å². The summed E-state index contributed by atoms with van der Waals surface area (Å²) in [6.45, 7) is 0.295. The first-order chi connectivity index (χ1) is 12.1. The lowest BCUT2D eigenvalue weighted by molar-refractivity contribution is 0.0949. The van der Waals surface area contributed by atoms with E-state index >= 15 is 0 Å². The van der Waals surface area contributed by atoms with E-state index in [0.29, 0.717) is 23.6 Å². The molecule has 0 aliphatic heterocycles. The molecule has 0 radical (unpaired) electrons. The third-order valence-corrected chi connectivity index (χ3v) is 4.82. The molecule has 4 rings (SSSR count). The molecule has 3 heterocycles. The number of pyridine rings is 1. The van der Waals surface area contributed by atoms with Gasteiger partial charge < -0.3 is 10.3 Å². The van der Waals surface area contributed by atoms with Crippen LogP contribution in [0.25, 0.3) is 11.0 Å². The summed E-state index contributed by atoms with van der Waals surface area (Å²) in [5.41, 5.74) is 1.14. The van der Waals surface area contributed by atoms with Gasteiger partial charge in [-0.2, -0.15) is 10.2 Å². The first-order valence-electron chi connectivity index (χ1n) is 8.49. The van der Waals surface area contributed by atoms with E-state index in [2.05, 4.69) is 20.5 Å². The molecule has 1 saturated carbocycles. The lowest BCUT2D eigenvalue weighted by Gasteiger charge is -2.09. The molecule has 1 fully saturated rings. The minimum Gasteiger partial charge on any atom is -0.346 e. The molecule has 3 aromatic rings. The maximum absolute atomic E-state index is 12.4. The Morgan fingerprint density at radius 3 is 3.00 bits per heavy atom. The van der Waals surface area contributed by atoms with Crippen LogP contribution in [0.3, 0.4) is 0 Å². The van der Waals surface area contributed by atoms with Gasteiger partial charge in [0.2, 0.25) is 5.43 Å². The molecule has 0 aromatic carbocycles. The van der Waals surface area contributed by atoms with E-state index in [4.69, 9.17) is 0 Å². The molecule has 0 atom stereocenters. The number of H-pyrrole nitrogens is 1. The fourth-order valence-corrected chi connectivity index (χ4v) is 3.40. The third-order valence-electron chi connectivity index (χ3n) is 4.82. The second kappa shape index (κ2) is 6.19. The molecule has 1 amide bonds. The molecular formula is C17H20N6O2. The van der Waals surface area contributed by atoms with Gasteiger partial charge in [-0.25, -0.2) is 0 Å². The van der Waals surface area contributed by atoms with Gasteiger partial charge in [-0.15, -0.1) is 0 Å². The Hall–Kier alpha value is -2.90. The highest BCUT2D eigenvalue weighted by Crippen LogP contribution is 2.28. The summed E-state index contributed by atoms with van der Waals surface area (Å²) < 4.78 is 3.55. The van der Waals surface area contributed by atoms with Gasteiger partial charge in [0.1, 0.15) is 11.2 Å². The summed E-state index contributed by atoms with van der Waals surface area (Å²) >= 11 is 0. The highest BCUT2D eigenvalue weighted by molar-refractivity contribution is 5.96. The van der Waals surface area contributed by atoms with Crippen LogP contribution in [0.1, 0.15) is 47.8 Å². The van der Waals surface area contributed by atoms with Gasteiger partial charge in [0.25, 0.3) is 5.91 Å². The van der Waals surface area contributed by atoms with Crippen molar-refractivity contribution in [2.45, 2.75) is 38.3 Å². The Balaban J connectivity index is 1.47. The summed E-state index contributed by atoms with van der Waals surface area (Å²) in [5, 5.41) is 11.7. The summed E-state index contributed by atoms with van der Waals surface area (Å²) in [4.78, 5) is 27.7. The Labute approximate surface area is 143 Å². The molecule has 25 heavy (non-hydrogen) atoms. The average molecular weight is 340 g/mol. The SMILES string of the molecule is Cn1ncc2c(=O)c(C(=O)NCc3ccn(C4CCCC4)n3)c[nH]c21. The van der Waals surface area contributed by atoms with Crippen molar-refractivity contribution in [1.82, 2.24) is 29.9 Å². The van der Waals surface area contributed by atoms with Crippen LogP contribution in [0.2, 0.25) is 0 Å². The van der Waals surface area contributed by atoms with Gasteiger partial charge in [0.15, 0.2) is 0 Å². The van der Waals surface area contributed by atoms with E-state index in [1.807, 2.05) is 16.9 Å². The van der Waals surface area contributed by atoms with Gasteiger partial charge >= 0.3 is 0 Å². The fourth-order valence-electron chi connectivity index (χ4n) is 3.40. The topological polar surface area (TPSA) is 97.6 Å². The lowest BCUT2D eigenvalue weighted by atomic mass is 10.2. The van der Waals surface area contributed by atoms with Gasteiger partial charge in [0.05, 0.1) is 29.9 Å². The third kappa shape index (κ3) is 2.84.